The smallest absolute Gasteiger partial charge is 0.340 e. The molecule has 0 aromatic carbocycles. The van der Waals surface area contributed by atoms with E-state index in [0.29, 0.717) is 22.4 Å². The zero-order valence-corrected chi connectivity index (χ0v) is 11.3. The number of hydrogen-bond acceptors (Lipinski definition) is 7. The van der Waals surface area contributed by atoms with Crippen molar-refractivity contribution in [3.8, 4) is 0 Å². The first-order chi connectivity index (χ1) is 9.13. The van der Waals surface area contributed by atoms with Gasteiger partial charge in [0.25, 0.3) is 0 Å². The number of aryl methyl sites for hydroxylation is 1. The van der Waals surface area contributed by atoms with E-state index in [1.54, 1.807) is 17.8 Å². The van der Waals surface area contributed by atoms with E-state index in [-0.39, 0.29) is 5.69 Å². The van der Waals surface area contributed by atoms with Crippen molar-refractivity contribution in [1.82, 2.24) is 19.7 Å². The summed E-state index contributed by atoms with van der Waals surface area (Å²) in [4.78, 5) is 15.9. The molecule has 0 fully saturated rings. The van der Waals surface area contributed by atoms with E-state index in [4.69, 9.17) is 10.5 Å². The quantitative estimate of drug-likeness (QED) is 0.838. The highest BCUT2D eigenvalue weighted by Gasteiger charge is 2.16. The minimum absolute atomic E-state index is 0.286. The average Bonchev–Trinajstić information content (AvgIpc) is 2.78. The van der Waals surface area contributed by atoms with Crippen LogP contribution in [0.4, 0.5) is 5.69 Å². The van der Waals surface area contributed by atoms with Crippen LogP contribution < -0.4 is 5.73 Å². The Labute approximate surface area is 114 Å². The van der Waals surface area contributed by atoms with Crippen LogP contribution in [0.2, 0.25) is 0 Å². The number of hydrogen-bond donors (Lipinski definition) is 1. The van der Waals surface area contributed by atoms with Crippen molar-refractivity contribution in [2.45, 2.75) is 17.1 Å². The maximum Gasteiger partial charge on any atom is 0.340 e. The number of rotatable bonds is 4. The molecule has 2 aromatic rings. The van der Waals surface area contributed by atoms with Gasteiger partial charge in [0.2, 0.25) is 0 Å². The predicted molar refractivity (Wildman–Crippen MR) is 69.7 cm³/mol. The van der Waals surface area contributed by atoms with Crippen LogP contribution in [0, 0.1) is 0 Å². The molecular weight excluding hydrogens is 266 g/mol. The third-order valence-electron chi connectivity index (χ3n) is 2.31. The number of carbonyl (C=O) groups excluding carboxylic acids is 1. The van der Waals surface area contributed by atoms with Gasteiger partial charge in [-0.25, -0.2) is 9.78 Å². The third kappa shape index (κ3) is 2.84. The van der Waals surface area contributed by atoms with Crippen molar-refractivity contribution in [3.63, 3.8) is 0 Å². The zero-order chi connectivity index (χ0) is 13.8. The molecule has 0 amide bonds. The largest absolute Gasteiger partial charge is 0.462 e. The molecule has 8 heteroatoms. The van der Waals surface area contributed by atoms with Gasteiger partial charge >= 0.3 is 5.97 Å². The molecular formula is C11H13N5O2S. The maximum absolute atomic E-state index is 11.7. The van der Waals surface area contributed by atoms with Crippen LogP contribution in [0.3, 0.4) is 0 Å². The fourth-order valence-corrected chi connectivity index (χ4v) is 2.16. The van der Waals surface area contributed by atoms with Crippen LogP contribution >= 0.6 is 11.8 Å². The van der Waals surface area contributed by atoms with Gasteiger partial charge in [-0.2, -0.15) is 0 Å². The summed E-state index contributed by atoms with van der Waals surface area (Å²) in [5.74, 6) is -0.456. The van der Waals surface area contributed by atoms with E-state index in [0.717, 1.165) is 0 Å². The number of aromatic nitrogens is 4. The summed E-state index contributed by atoms with van der Waals surface area (Å²) in [6, 6.07) is 1.54. The molecule has 100 valence electrons. The molecule has 0 spiro atoms. The first-order valence-electron chi connectivity index (χ1n) is 5.57. The lowest BCUT2D eigenvalue weighted by Gasteiger charge is -2.08. The minimum Gasteiger partial charge on any atom is -0.462 e. The average molecular weight is 279 g/mol. The first kappa shape index (κ1) is 13.3. The Balaban J connectivity index is 2.30. The van der Waals surface area contributed by atoms with E-state index < -0.39 is 5.97 Å². The Bertz CT molecular complexity index is 599. The summed E-state index contributed by atoms with van der Waals surface area (Å²) < 4.78 is 6.67. The van der Waals surface area contributed by atoms with Gasteiger partial charge in [-0.3, -0.25) is 0 Å². The second-order valence-electron chi connectivity index (χ2n) is 3.62. The number of esters is 1. The van der Waals surface area contributed by atoms with Crippen LogP contribution in [-0.2, 0) is 11.8 Å². The summed E-state index contributed by atoms with van der Waals surface area (Å²) >= 11 is 1.24. The number of pyridine rings is 1. The third-order valence-corrected chi connectivity index (χ3v) is 3.38. The maximum atomic E-state index is 11.7. The lowest BCUT2D eigenvalue weighted by molar-refractivity contribution is 0.0527. The van der Waals surface area contributed by atoms with Crippen LogP contribution in [0.1, 0.15) is 17.3 Å². The summed E-state index contributed by atoms with van der Waals surface area (Å²) in [7, 11) is 1.81. The van der Waals surface area contributed by atoms with Gasteiger partial charge in [-0.15, -0.1) is 10.2 Å². The Morgan fingerprint density at radius 3 is 3.00 bits per heavy atom. The molecule has 19 heavy (non-hydrogen) atoms. The molecule has 7 nitrogen and oxygen atoms in total. The summed E-state index contributed by atoms with van der Waals surface area (Å²) in [5.41, 5.74) is 6.53. The molecule has 0 aliphatic rings. The van der Waals surface area contributed by atoms with E-state index in [2.05, 4.69) is 15.2 Å². The molecule has 0 bridgehead atoms. The monoisotopic (exact) mass is 279 g/mol. The Morgan fingerprint density at radius 2 is 2.37 bits per heavy atom. The summed E-state index contributed by atoms with van der Waals surface area (Å²) in [5, 5.41) is 8.83. The zero-order valence-electron chi connectivity index (χ0n) is 10.5. The van der Waals surface area contributed by atoms with Gasteiger partial charge in [0.1, 0.15) is 11.4 Å². The standard InChI is InChI=1S/C11H13N5O2S/c1-3-18-10(17)7-4-5-13-9(8(7)12)19-11-15-14-6-16(11)2/h4-6H,3,12H2,1-2H3. The molecule has 2 aromatic heterocycles. The van der Waals surface area contributed by atoms with Crippen LogP contribution in [-0.4, -0.2) is 32.3 Å². The number of carbonyl (C=O) groups is 1. The SMILES string of the molecule is CCOC(=O)c1ccnc(Sc2nncn2C)c1N. The molecule has 0 aliphatic carbocycles. The molecule has 2 rings (SSSR count). The molecule has 0 atom stereocenters. The normalized spacial score (nSPS) is 10.4. The van der Waals surface area contributed by atoms with E-state index >= 15 is 0 Å². The number of nitrogens with two attached hydrogens (primary N) is 1. The number of anilines is 1. The molecule has 2 heterocycles. The summed E-state index contributed by atoms with van der Waals surface area (Å²) in [6.07, 6.45) is 3.09. The lowest BCUT2D eigenvalue weighted by Crippen LogP contribution is -2.09. The second kappa shape index (κ2) is 5.70. The summed E-state index contributed by atoms with van der Waals surface area (Å²) in [6.45, 7) is 2.04. The van der Waals surface area contributed by atoms with Gasteiger partial charge < -0.3 is 15.0 Å². The topological polar surface area (TPSA) is 95.9 Å². The molecule has 0 unspecified atom stereocenters. The van der Waals surface area contributed by atoms with E-state index in [9.17, 15) is 4.79 Å². The van der Waals surface area contributed by atoms with Gasteiger partial charge in [0, 0.05) is 13.2 Å². The van der Waals surface area contributed by atoms with Crippen molar-refractivity contribution in [1.29, 1.82) is 0 Å². The number of nitrogens with zero attached hydrogens (tertiary/aromatic N) is 4. The predicted octanol–water partition coefficient (Wildman–Crippen LogP) is 1.12. The Morgan fingerprint density at radius 1 is 1.58 bits per heavy atom. The molecule has 0 aliphatic heterocycles. The lowest BCUT2D eigenvalue weighted by atomic mass is 10.2. The fraction of sp³-hybridized carbons (Fsp3) is 0.273. The molecule has 0 saturated heterocycles. The Hall–Kier alpha value is -2.09. The van der Waals surface area contributed by atoms with Gasteiger partial charge in [0.15, 0.2) is 5.16 Å². The second-order valence-corrected chi connectivity index (χ2v) is 4.58. The van der Waals surface area contributed by atoms with Crippen molar-refractivity contribution >= 4 is 23.4 Å². The van der Waals surface area contributed by atoms with Crippen molar-refractivity contribution in [2.24, 2.45) is 7.05 Å². The first-order valence-corrected chi connectivity index (χ1v) is 6.38. The highest BCUT2D eigenvalue weighted by Crippen LogP contribution is 2.30. The van der Waals surface area contributed by atoms with Gasteiger partial charge in [-0.1, -0.05) is 0 Å². The number of ether oxygens (including phenoxy) is 1. The molecule has 0 saturated carbocycles. The minimum atomic E-state index is -0.456. The Kier molecular flexibility index (Phi) is 4.00. The molecule has 0 radical (unpaired) electrons. The van der Waals surface area contributed by atoms with Gasteiger partial charge in [-0.05, 0) is 24.8 Å². The van der Waals surface area contributed by atoms with Crippen molar-refractivity contribution < 1.29 is 9.53 Å². The fourth-order valence-electron chi connectivity index (χ4n) is 1.37. The number of nitrogen functional groups attached to an aromatic ring is 1. The van der Waals surface area contributed by atoms with Crippen LogP contribution in [0.5, 0.6) is 0 Å². The van der Waals surface area contributed by atoms with Crippen molar-refractivity contribution in [2.75, 3.05) is 12.3 Å². The van der Waals surface area contributed by atoms with Crippen LogP contribution in [0.15, 0.2) is 28.8 Å². The highest BCUT2D eigenvalue weighted by molar-refractivity contribution is 7.99. The van der Waals surface area contributed by atoms with E-state index in [1.807, 2.05) is 7.05 Å². The van der Waals surface area contributed by atoms with Crippen molar-refractivity contribution in [3.05, 3.63) is 24.2 Å². The van der Waals surface area contributed by atoms with Crippen LogP contribution in [0.25, 0.3) is 0 Å². The van der Waals surface area contributed by atoms with Gasteiger partial charge in [0.05, 0.1) is 17.9 Å². The molecule has 2 N–H and O–H groups in total. The van der Waals surface area contributed by atoms with E-state index in [1.165, 1.54) is 24.0 Å². The highest BCUT2D eigenvalue weighted by atomic mass is 32.2.